The molecule has 1 aromatic heterocycles. The molecule has 11 heteroatoms. The fraction of sp³-hybridized carbons (Fsp3) is 0.467. The van der Waals surface area contributed by atoms with E-state index in [1.807, 2.05) is 53.7 Å². The standard InChI is InChI=1S/C30H39N5O6/c1-29(2,3)24-19-25(35(33-24)41-28(38)32-30(4,5)6)31-27(37)26(36)22-11-12-23(21-10-8-7-9-20(21)22)40-18-15-34-13-16-39-17-14-34/h7-12,19H,13-18H2,1-6H3,(H,31,37)(H,32,38). The molecule has 1 fully saturated rings. The number of carbonyl (C=O) groups excluding carboxylic acids is 3. The molecule has 220 valence electrons. The largest absolute Gasteiger partial charge is 0.492 e. The Morgan fingerprint density at radius 3 is 2.32 bits per heavy atom. The minimum Gasteiger partial charge on any atom is -0.492 e. The maximum atomic E-state index is 13.4. The summed E-state index contributed by atoms with van der Waals surface area (Å²) in [4.78, 5) is 47.6. The van der Waals surface area contributed by atoms with Crippen LogP contribution in [0.1, 0.15) is 57.6 Å². The van der Waals surface area contributed by atoms with Crippen molar-refractivity contribution in [2.24, 2.45) is 0 Å². The molecule has 1 aliphatic heterocycles. The molecule has 0 radical (unpaired) electrons. The molecular weight excluding hydrogens is 526 g/mol. The summed E-state index contributed by atoms with van der Waals surface area (Å²) in [5.41, 5.74) is -0.164. The predicted octanol–water partition coefficient (Wildman–Crippen LogP) is 3.80. The van der Waals surface area contributed by atoms with Gasteiger partial charge in [-0.25, -0.2) is 4.79 Å². The average molecular weight is 566 g/mol. The van der Waals surface area contributed by atoms with Gasteiger partial charge in [0.05, 0.1) is 18.9 Å². The Balaban J connectivity index is 1.53. The van der Waals surface area contributed by atoms with Crippen LogP contribution in [0.5, 0.6) is 5.75 Å². The number of anilines is 1. The highest BCUT2D eigenvalue weighted by molar-refractivity contribution is 6.48. The lowest BCUT2D eigenvalue weighted by atomic mass is 9.92. The van der Waals surface area contributed by atoms with Gasteiger partial charge in [0, 0.05) is 47.6 Å². The molecule has 1 aliphatic rings. The zero-order valence-electron chi connectivity index (χ0n) is 24.6. The van der Waals surface area contributed by atoms with Crippen LogP contribution in [-0.4, -0.2) is 77.6 Å². The number of nitrogens with zero attached hydrogens (tertiary/aromatic N) is 3. The fourth-order valence-electron chi connectivity index (χ4n) is 4.29. The van der Waals surface area contributed by atoms with E-state index in [0.29, 0.717) is 23.4 Å². The molecule has 0 bridgehead atoms. The van der Waals surface area contributed by atoms with Crippen LogP contribution in [0.25, 0.3) is 10.8 Å². The van der Waals surface area contributed by atoms with E-state index in [1.165, 1.54) is 0 Å². The van der Waals surface area contributed by atoms with Crippen LogP contribution in [0.3, 0.4) is 0 Å². The van der Waals surface area contributed by atoms with Crippen LogP contribution >= 0.6 is 0 Å². The minimum atomic E-state index is -0.891. The molecule has 2 amide bonds. The molecule has 0 atom stereocenters. The minimum absolute atomic E-state index is 0.0599. The lowest BCUT2D eigenvalue weighted by molar-refractivity contribution is -0.112. The van der Waals surface area contributed by atoms with Gasteiger partial charge in [-0.2, -0.15) is 0 Å². The third kappa shape index (κ3) is 7.83. The Bertz CT molecular complexity index is 1410. The van der Waals surface area contributed by atoms with Crippen molar-refractivity contribution in [3.8, 4) is 5.75 Å². The zero-order chi connectivity index (χ0) is 29.8. The van der Waals surface area contributed by atoms with Crippen molar-refractivity contribution in [2.75, 3.05) is 44.8 Å². The third-order valence-corrected chi connectivity index (χ3v) is 6.44. The van der Waals surface area contributed by atoms with Crippen molar-refractivity contribution in [1.82, 2.24) is 20.2 Å². The smallest absolute Gasteiger partial charge is 0.433 e. The number of Topliss-reactive ketones (excluding diaryl/α,β-unsaturated/α-hetero) is 1. The van der Waals surface area contributed by atoms with E-state index < -0.39 is 28.7 Å². The van der Waals surface area contributed by atoms with E-state index in [9.17, 15) is 14.4 Å². The highest BCUT2D eigenvalue weighted by Gasteiger charge is 2.27. The molecule has 0 aliphatic carbocycles. The number of amides is 2. The van der Waals surface area contributed by atoms with Crippen LogP contribution in [0.4, 0.5) is 10.6 Å². The summed E-state index contributed by atoms with van der Waals surface area (Å²) in [6.07, 6.45) is -0.752. The summed E-state index contributed by atoms with van der Waals surface area (Å²) in [6, 6.07) is 12.2. The van der Waals surface area contributed by atoms with Gasteiger partial charge in [0.25, 0.3) is 11.7 Å². The molecule has 0 unspecified atom stereocenters. The predicted molar refractivity (Wildman–Crippen MR) is 155 cm³/mol. The molecule has 3 aromatic rings. The van der Waals surface area contributed by atoms with Gasteiger partial charge in [0.1, 0.15) is 12.4 Å². The molecule has 11 nitrogen and oxygen atoms in total. The number of ether oxygens (including phenoxy) is 2. The van der Waals surface area contributed by atoms with Gasteiger partial charge in [-0.3, -0.25) is 19.3 Å². The van der Waals surface area contributed by atoms with Gasteiger partial charge in [-0.1, -0.05) is 49.9 Å². The molecule has 2 heterocycles. The number of nitrogens with one attached hydrogen (secondary N) is 2. The van der Waals surface area contributed by atoms with Gasteiger partial charge in [0.15, 0.2) is 5.82 Å². The van der Waals surface area contributed by atoms with Gasteiger partial charge in [-0.15, -0.1) is 5.10 Å². The second kappa shape index (κ2) is 12.3. The lowest BCUT2D eigenvalue weighted by Crippen LogP contribution is -2.44. The number of aromatic nitrogens is 2. The van der Waals surface area contributed by atoms with E-state index in [0.717, 1.165) is 43.1 Å². The number of ketones is 1. The lowest BCUT2D eigenvalue weighted by Gasteiger charge is -2.26. The van der Waals surface area contributed by atoms with Crippen LogP contribution in [0, 0.1) is 0 Å². The van der Waals surface area contributed by atoms with E-state index in [4.69, 9.17) is 14.3 Å². The van der Waals surface area contributed by atoms with Gasteiger partial charge < -0.3 is 20.1 Å². The summed E-state index contributed by atoms with van der Waals surface area (Å²) < 4.78 is 11.5. The zero-order valence-corrected chi connectivity index (χ0v) is 24.6. The first-order chi connectivity index (χ1) is 19.3. The number of benzene rings is 2. The maximum absolute atomic E-state index is 13.4. The van der Waals surface area contributed by atoms with Gasteiger partial charge >= 0.3 is 6.09 Å². The first kappa shape index (κ1) is 30.0. The summed E-state index contributed by atoms with van der Waals surface area (Å²) in [5, 5.41) is 10.9. The Kier molecular flexibility index (Phi) is 8.98. The van der Waals surface area contributed by atoms with E-state index in [1.54, 1.807) is 30.3 Å². The second-order valence-corrected chi connectivity index (χ2v) is 12.0. The number of morpholine rings is 1. The summed E-state index contributed by atoms with van der Waals surface area (Å²) in [6.45, 7) is 15.7. The Hall–Kier alpha value is -3.96. The first-order valence-electron chi connectivity index (χ1n) is 13.7. The molecule has 0 spiro atoms. The molecular formula is C30H39N5O6. The Morgan fingerprint density at radius 1 is 0.976 bits per heavy atom. The average Bonchev–Trinajstić information content (AvgIpc) is 3.30. The fourth-order valence-corrected chi connectivity index (χ4v) is 4.29. The van der Waals surface area contributed by atoms with Crippen molar-refractivity contribution in [2.45, 2.75) is 52.5 Å². The number of carbonyl (C=O) groups is 3. The highest BCUT2D eigenvalue weighted by Crippen LogP contribution is 2.29. The van der Waals surface area contributed by atoms with Crippen molar-refractivity contribution in [3.63, 3.8) is 0 Å². The monoisotopic (exact) mass is 565 g/mol. The number of fused-ring (bicyclic) bond motifs is 1. The third-order valence-electron chi connectivity index (χ3n) is 6.44. The quantitative estimate of drug-likeness (QED) is 0.312. The molecule has 2 aromatic carbocycles. The highest BCUT2D eigenvalue weighted by atomic mass is 16.7. The van der Waals surface area contributed by atoms with Gasteiger partial charge in [0.2, 0.25) is 0 Å². The van der Waals surface area contributed by atoms with Crippen LogP contribution < -0.4 is 20.2 Å². The molecule has 0 saturated carbocycles. The molecule has 4 rings (SSSR count). The molecule has 2 N–H and O–H groups in total. The normalized spacial score (nSPS) is 14.5. The number of rotatable bonds is 8. The van der Waals surface area contributed by atoms with E-state index in [2.05, 4.69) is 20.6 Å². The maximum Gasteiger partial charge on any atom is 0.433 e. The van der Waals surface area contributed by atoms with Crippen molar-refractivity contribution in [3.05, 3.63) is 53.7 Å². The van der Waals surface area contributed by atoms with E-state index >= 15 is 0 Å². The number of hydrogen-bond acceptors (Lipinski definition) is 8. The van der Waals surface area contributed by atoms with Crippen molar-refractivity contribution < 1.29 is 28.7 Å². The summed E-state index contributed by atoms with van der Waals surface area (Å²) >= 11 is 0. The van der Waals surface area contributed by atoms with Crippen molar-refractivity contribution in [1.29, 1.82) is 0 Å². The molecule has 1 saturated heterocycles. The SMILES string of the molecule is CC(C)(C)NC(=O)On1nc(C(C)(C)C)cc1NC(=O)C(=O)c1ccc(OCCN2CCOCC2)c2ccccc12. The molecule has 41 heavy (non-hydrogen) atoms. The van der Waals surface area contributed by atoms with Gasteiger partial charge in [-0.05, 0) is 38.3 Å². The van der Waals surface area contributed by atoms with Crippen LogP contribution in [-0.2, 0) is 14.9 Å². The first-order valence-corrected chi connectivity index (χ1v) is 13.7. The van der Waals surface area contributed by atoms with Crippen LogP contribution in [0.2, 0.25) is 0 Å². The van der Waals surface area contributed by atoms with Crippen molar-refractivity contribution >= 4 is 34.4 Å². The number of hydrogen-bond donors (Lipinski definition) is 2. The second-order valence-electron chi connectivity index (χ2n) is 12.0. The van der Waals surface area contributed by atoms with E-state index in [-0.39, 0.29) is 11.4 Å². The Labute approximate surface area is 240 Å². The summed E-state index contributed by atoms with van der Waals surface area (Å²) in [7, 11) is 0. The summed E-state index contributed by atoms with van der Waals surface area (Å²) in [5.74, 6) is -0.940. The topological polar surface area (TPSA) is 124 Å². The van der Waals surface area contributed by atoms with Crippen LogP contribution in [0.15, 0.2) is 42.5 Å². The Morgan fingerprint density at radius 2 is 1.66 bits per heavy atom.